The molecule has 5 nitrogen and oxygen atoms in total. The summed E-state index contributed by atoms with van der Waals surface area (Å²) < 4.78 is 10.7. The molecule has 148 valence electrons. The number of carbonyl (C=O) groups is 2. The molecule has 1 N–H and O–H groups in total. The second-order valence-electron chi connectivity index (χ2n) is 8.93. The molecule has 0 heterocycles. The van der Waals surface area contributed by atoms with E-state index in [-0.39, 0.29) is 18.1 Å². The number of benzene rings is 1. The van der Waals surface area contributed by atoms with Gasteiger partial charge in [-0.25, -0.2) is 9.59 Å². The first-order valence-electron chi connectivity index (χ1n) is 9.45. The van der Waals surface area contributed by atoms with Gasteiger partial charge in [-0.05, 0) is 84.1 Å². The van der Waals surface area contributed by atoms with Crippen LogP contribution >= 0.6 is 0 Å². The second-order valence-corrected chi connectivity index (χ2v) is 8.93. The highest BCUT2D eigenvalue weighted by atomic mass is 16.6. The Morgan fingerprint density at radius 1 is 0.963 bits per heavy atom. The van der Waals surface area contributed by atoms with Gasteiger partial charge >= 0.3 is 12.1 Å². The van der Waals surface area contributed by atoms with E-state index in [4.69, 9.17) is 9.47 Å². The van der Waals surface area contributed by atoms with Crippen molar-refractivity contribution in [1.29, 1.82) is 0 Å². The first-order valence-corrected chi connectivity index (χ1v) is 9.45. The van der Waals surface area contributed by atoms with Crippen molar-refractivity contribution in [3.05, 3.63) is 41.5 Å². The van der Waals surface area contributed by atoms with Gasteiger partial charge in [-0.3, -0.25) is 0 Å². The average Bonchev–Trinajstić information content (AvgIpc) is 2.52. The van der Waals surface area contributed by atoms with Crippen LogP contribution in [0.4, 0.5) is 4.79 Å². The van der Waals surface area contributed by atoms with Crippen LogP contribution in [-0.2, 0) is 9.47 Å². The van der Waals surface area contributed by atoms with E-state index in [1.807, 2.05) is 53.7 Å². The molecule has 0 bridgehead atoms. The van der Waals surface area contributed by atoms with Gasteiger partial charge in [0.1, 0.15) is 11.2 Å². The standard InChI is InChI=1S/C22H31NO4/c1-21(2,3)26-19(24)17-9-7-15(8-10-17)16-11-13-18(14-12-16)23-20(25)27-22(4,5)6/h7-11,18H,12-14H2,1-6H3,(H,23,25). The average molecular weight is 373 g/mol. The molecule has 1 aliphatic carbocycles. The second kappa shape index (κ2) is 8.15. The number of amides is 1. The van der Waals surface area contributed by atoms with E-state index in [9.17, 15) is 9.59 Å². The highest BCUT2D eigenvalue weighted by Gasteiger charge is 2.22. The fourth-order valence-corrected chi connectivity index (χ4v) is 2.86. The molecule has 1 aromatic rings. The van der Waals surface area contributed by atoms with Crippen LogP contribution in [0.15, 0.2) is 30.3 Å². The minimum Gasteiger partial charge on any atom is -0.456 e. The lowest BCUT2D eigenvalue weighted by molar-refractivity contribution is 0.00692. The number of hydrogen-bond acceptors (Lipinski definition) is 4. The molecule has 0 spiro atoms. The SMILES string of the molecule is CC(C)(C)OC(=O)NC1CC=C(c2ccc(C(=O)OC(C)(C)C)cc2)CC1. The summed E-state index contributed by atoms with van der Waals surface area (Å²) in [6, 6.07) is 7.59. The zero-order valence-electron chi connectivity index (χ0n) is 17.2. The Kier molecular flexibility index (Phi) is 6.34. The van der Waals surface area contributed by atoms with Crippen LogP contribution < -0.4 is 5.32 Å². The van der Waals surface area contributed by atoms with E-state index >= 15 is 0 Å². The molecule has 1 atom stereocenters. The smallest absolute Gasteiger partial charge is 0.407 e. The van der Waals surface area contributed by atoms with E-state index < -0.39 is 11.2 Å². The number of carbonyl (C=O) groups excluding carboxylic acids is 2. The van der Waals surface area contributed by atoms with Crippen LogP contribution in [0, 0.1) is 0 Å². The van der Waals surface area contributed by atoms with Crippen molar-refractivity contribution in [1.82, 2.24) is 5.32 Å². The Morgan fingerprint density at radius 3 is 2.04 bits per heavy atom. The number of ether oxygens (including phenoxy) is 2. The topological polar surface area (TPSA) is 64.6 Å². The summed E-state index contributed by atoms with van der Waals surface area (Å²) in [5, 5.41) is 2.93. The molecule has 5 heteroatoms. The van der Waals surface area contributed by atoms with Gasteiger partial charge in [-0.2, -0.15) is 0 Å². The molecule has 0 aromatic heterocycles. The molecule has 0 saturated heterocycles. The number of rotatable bonds is 3. The molecule has 0 fully saturated rings. The maximum absolute atomic E-state index is 12.1. The summed E-state index contributed by atoms with van der Waals surface area (Å²) >= 11 is 0. The van der Waals surface area contributed by atoms with Crippen molar-refractivity contribution in [3.8, 4) is 0 Å². The van der Waals surface area contributed by atoms with Gasteiger partial charge < -0.3 is 14.8 Å². The van der Waals surface area contributed by atoms with Crippen LogP contribution in [-0.4, -0.2) is 29.3 Å². The molecule has 0 saturated carbocycles. The largest absolute Gasteiger partial charge is 0.456 e. The normalized spacial score (nSPS) is 17.7. The van der Waals surface area contributed by atoms with Gasteiger partial charge in [0.2, 0.25) is 0 Å². The van der Waals surface area contributed by atoms with Crippen molar-refractivity contribution >= 4 is 17.6 Å². The summed E-state index contributed by atoms with van der Waals surface area (Å²) in [7, 11) is 0. The number of hydrogen-bond donors (Lipinski definition) is 1. The van der Waals surface area contributed by atoms with Gasteiger partial charge in [-0.15, -0.1) is 0 Å². The Morgan fingerprint density at radius 2 is 1.56 bits per heavy atom. The third kappa shape index (κ3) is 7.08. The summed E-state index contributed by atoms with van der Waals surface area (Å²) in [6.07, 6.45) is 4.27. The van der Waals surface area contributed by atoms with E-state index in [1.165, 1.54) is 5.57 Å². The quantitative estimate of drug-likeness (QED) is 0.749. The summed E-state index contributed by atoms with van der Waals surface area (Å²) in [6.45, 7) is 11.1. The fraction of sp³-hybridized carbons (Fsp3) is 0.545. The van der Waals surface area contributed by atoms with Gasteiger partial charge in [0.05, 0.1) is 5.56 Å². The van der Waals surface area contributed by atoms with Crippen molar-refractivity contribution in [3.63, 3.8) is 0 Å². The van der Waals surface area contributed by atoms with Crippen LogP contribution in [0.5, 0.6) is 0 Å². The lowest BCUT2D eigenvalue weighted by Crippen LogP contribution is -2.39. The third-order valence-corrected chi connectivity index (χ3v) is 4.02. The van der Waals surface area contributed by atoms with Gasteiger partial charge in [-0.1, -0.05) is 18.2 Å². The Bertz CT molecular complexity index is 705. The monoisotopic (exact) mass is 373 g/mol. The van der Waals surface area contributed by atoms with Crippen molar-refractivity contribution in [2.24, 2.45) is 0 Å². The maximum Gasteiger partial charge on any atom is 0.407 e. The lowest BCUT2D eigenvalue weighted by Gasteiger charge is -2.26. The molecular formula is C22H31NO4. The number of allylic oxidation sites excluding steroid dienone is 1. The number of nitrogens with one attached hydrogen (secondary N) is 1. The van der Waals surface area contributed by atoms with Crippen LogP contribution in [0.2, 0.25) is 0 Å². The molecular weight excluding hydrogens is 342 g/mol. The van der Waals surface area contributed by atoms with Crippen molar-refractivity contribution < 1.29 is 19.1 Å². The first kappa shape index (κ1) is 21.0. The zero-order chi connectivity index (χ0) is 20.2. The number of alkyl carbamates (subject to hydrolysis) is 1. The molecule has 1 aromatic carbocycles. The van der Waals surface area contributed by atoms with Gasteiger partial charge in [0, 0.05) is 6.04 Å². The fourth-order valence-electron chi connectivity index (χ4n) is 2.86. The Hall–Kier alpha value is -2.30. The van der Waals surface area contributed by atoms with E-state index in [1.54, 1.807) is 12.1 Å². The van der Waals surface area contributed by atoms with Gasteiger partial charge in [0.25, 0.3) is 0 Å². The van der Waals surface area contributed by atoms with Crippen molar-refractivity contribution in [2.45, 2.75) is 78.0 Å². The number of esters is 1. The zero-order valence-corrected chi connectivity index (χ0v) is 17.2. The minimum absolute atomic E-state index is 0.0876. The predicted octanol–water partition coefficient (Wildman–Crippen LogP) is 5.10. The third-order valence-electron chi connectivity index (χ3n) is 4.02. The molecule has 0 aliphatic heterocycles. The molecule has 1 aliphatic rings. The summed E-state index contributed by atoms with van der Waals surface area (Å²) in [5.74, 6) is -0.312. The molecule has 1 unspecified atom stereocenters. The van der Waals surface area contributed by atoms with E-state index in [0.717, 1.165) is 24.8 Å². The van der Waals surface area contributed by atoms with E-state index in [2.05, 4.69) is 11.4 Å². The van der Waals surface area contributed by atoms with Crippen LogP contribution in [0.1, 0.15) is 76.7 Å². The molecule has 0 radical (unpaired) electrons. The highest BCUT2D eigenvalue weighted by molar-refractivity contribution is 5.90. The predicted molar refractivity (Wildman–Crippen MR) is 107 cm³/mol. The molecule has 2 rings (SSSR count). The Labute approximate surface area is 162 Å². The van der Waals surface area contributed by atoms with Gasteiger partial charge in [0.15, 0.2) is 0 Å². The highest BCUT2D eigenvalue weighted by Crippen LogP contribution is 2.27. The Balaban J connectivity index is 1.93. The molecule has 1 amide bonds. The summed E-state index contributed by atoms with van der Waals surface area (Å²) in [5.41, 5.74) is 1.88. The molecule has 27 heavy (non-hydrogen) atoms. The summed E-state index contributed by atoms with van der Waals surface area (Å²) in [4.78, 5) is 24.0. The van der Waals surface area contributed by atoms with Crippen LogP contribution in [0.3, 0.4) is 0 Å². The van der Waals surface area contributed by atoms with Crippen molar-refractivity contribution in [2.75, 3.05) is 0 Å². The van der Waals surface area contributed by atoms with E-state index in [0.29, 0.717) is 5.56 Å². The first-order chi connectivity index (χ1) is 12.4. The minimum atomic E-state index is -0.502. The lowest BCUT2D eigenvalue weighted by atomic mass is 9.90. The van der Waals surface area contributed by atoms with Crippen LogP contribution in [0.25, 0.3) is 5.57 Å². The maximum atomic E-state index is 12.1.